The normalized spacial score (nSPS) is 20.2. The van der Waals surface area contributed by atoms with E-state index in [1.165, 1.54) is 4.90 Å². The number of carbonyl (C=O) groups excluding carboxylic acids is 2. The first kappa shape index (κ1) is 17.3. The van der Waals surface area contributed by atoms with Crippen LogP contribution >= 0.6 is 11.6 Å². The number of carboxylic acids is 1. The van der Waals surface area contributed by atoms with Gasteiger partial charge in [-0.15, -0.1) is 0 Å². The molecule has 2 unspecified atom stereocenters. The summed E-state index contributed by atoms with van der Waals surface area (Å²) in [4.78, 5) is 37.4. The third-order valence-corrected chi connectivity index (χ3v) is 4.53. The molecule has 2 atom stereocenters. The maximum atomic E-state index is 12.5. The number of carbonyl (C=O) groups is 3. The molecule has 2 rings (SSSR count). The van der Waals surface area contributed by atoms with Crippen molar-refractivity contribution in [3.63, 3.8) is 0 Å². The summed E-state index contributed by atoms with van der Waals surface area (Å²) in [5, 5.41) is 12.8. The molecule has 7 heteroatoms. The first-order chi connectivity index (χ1) is 10.8. The lowest BCUT2D eigenvalue weighted by atomic mass is 9.86. The highest BCUT2D eigenvalue weighted by Gasteiger charge is 2.43. The molecule has 2 amide bonds. The van der Waals surface area contributed by atoms with E-state index < -0.39 is 23.3 Å². The van der Waals surface area contributed by atoms with Crippen molar-refractivity contribution >= 4 is 29.4 Å². The molecule has 6 nitrogen and oxygen atoms in total. The van der Waals surface area contributed by atoms with Crippen LogP contribution in [-0.4, -0.2) is 41.4 Å². The van der Waals surface area contributed by atoms with Crippen LogP contribution in [0, 0.1) is 5.92 Å². The molecule has 0 saturated carbocycles. The van der Waals surface area contributed by atoms with E-state index in [-0.39, 0.29) is 18.7 Å². The SMILES string of the molecule is CCC(NC(=O)C1CC(=O)N(C)C1)(C(=O)O)c1ccc(Cl)cc1. The fourth-order valence-electron chi connectivity index (χ4n) is 2.78. The van der Waals surface area contributed by atoms with Gasteiger partial charge in [-0.3, -0.25) is 9.59 Å². The lowest BCUT2D eigenvalue weighted by Gasteiger charge is -2.31. The topological polar surface area (TPSA) is 86.7 Å². The highest BCUT2D eigenvalue weighted by Crippen LogP contribution is 2.28. The van der Waals surface area contributed by atoms with Crippen LogP contribution in [-0.2, 0) is 19.9 Å². The molecule has 1 aromatic carbocycles. The van der Waals surface area contributed by atoms with Gasteiger partial charge in [0, 0.05) is 25.0 Å². The van der Waals surface area contributed by atoms with Gasteiger partial charge in [-0.2, -0.15) is 0 Å². The molecule has 1 aliphatic rings. The summed E-state index contributed by atoms with van der Waals surface area (Å²) in [6, 6.07) is 6.35. The van der Waals surface area contributed by atoms with E-state index >= 15 is 0 Å². The Kier molecular flexibility index (Phi) is 4.94. The lowest BCUT2D eigenvalue weighted by molar-refractivity contribution is -0.149. The van der Waals surface area contributed by atoms with Gasteiger partial charge in [0.15, 0.2) is 5.54 Å². The Morgan fingerprint density at radius 2 is 2.00 bits per heavy atom. The molecule has 0 aliphatic carbocycles. The number of benzene rings is 1. The van der Waals surface area contributed by atoms with E-state index in [9.17, 15) is 19.5 Å². The van der Waals surface area contributed by atoms with Crippen molar-refractivity contribution in [1.82, 2.24) is 10.2 Å². The minimum absolute atomic E-state index is 0.0996. The zero-order valence-corrected chi connectivity index (χ0v) is 13.8. The molecule has 0 aromatic heterocycles. The van der Waals surface area contributed by atoms with Crippen LogP contribution < -0.4 is 5.32 Å². The molecule has 1 heterocycles. The molecule has 0 bridgehead atoms. The number of halogens is 1. The first-order valence-corrected chi connectivity index (χ1v) is 7.73. The van der Waals surface area contributed by atoms with Gasteiger partial charge in [-0.1, -0.05) is 30.7 Å². The fourth-order valence-corrected chi connectivity index (χ4v) is 2.90. The zero-order chi connectivity index (χ0) is 17.2. The summed E-state index contributed by atoms with van der Waals surface area (Å²) in [5.41, 5.74) is -1.09. The van der Waals surface area contributed by atoms with Crippen molar-refractivity contribution in [2.24, 2.45) is 5.92 Å². The van der Waals surface area contributed by atoms with Crippen molar-refractivity contribution < 1.29 is 19.5 Å². The number of likely N-dealkylation sites (tertiary alicyclic amines) is 1. The Balaban J connectivity index is 2.29. The second-order valence-corrected chi connectivity index (χ2v) is 6.17. The van der Waals surface area contributed by atoms with Crippen LogP contribution in [0.15, 0.2) is 24.3 Å². The largest absolute Gasteiger partial charge is 0.479 e. The Morgan fingerprint density at radius 3 is 2.43 bits per heavy atom. The van der Waals surface area contributed by atoms with Gasteiger partial charge in [-0.25, -0.2) is 4.79 Å². The van der Waals surface area contributed by atoms with Gasteiger partial charge in [0.05, 0.1) is 5.92 Å². The molecule has 0 radical (unpaired) electrons. The number of aliphatic carboxylic acids is 1. The molecular formula is C16H19ClN2O4. The van der Waals surface area contributed by atoms with E-state index in [0.717, 1.165) is 0 Å². The van der Waals surface area contributed by atoms with Gasteiger partial charge < -0.3 is 15.3 Å². The summed E-state index contributed by atoms with van der Waals surface area (Å²) < 4.78 is 0. The van der Waals surface area contributed by atoms with E-state index in [4.69, 9.17) is 11.6 Å². The Bertz CT molecular complexity index is 631. The lowest BCUT2D eigenvalue weighted by Crippen LogP contribution is -2.53. The number of nitrogens with one attached hydrogen (secondary N) is 1. The molecular weight excluding hydrogens is 320 g/mol. The average molecular weight is 339 g/mol. The number of amides is 2. The van der Waals surface area contributed by atoms with Gasteiger partial charge in [0.25, 0.3) is 0 Å². The van der Waals surface area contributed by atoms with Gasteiger partial charge in [-0.05, 0) is 24.1 Å². The number of carboxylic acid groups (broad SMARTS) is 1. The van der Waals surface area contributed by atoms with Crippen LogP contribution in [0.25, 0.3) is 0 Å². The summed E-state index contributed by atoms with van der Waals surface area (Å²) in [6.07, 6.45) is 0.272. The van der Waals surface area contributed by atoms with E-state index in [1.807, 2.05) is 0 Å². The quantitative estimate of drug-likeness (QED) is 0.854. The van der Waals surface area contributed by atoms with Gasteiger partial charge in [0.2, 0.25) is 11.8 Å². The van der Waals surface area contributed by atoms with Gasteiger partial charge in [0.1, 0.15) is 0 Å². The molecule has 1 saturated heterocycles. The first-order valence-electron chi connectivity index (χ1n) is 7.35. The Morgan fingerprint density at radius 1 is 1.39 bits per heavy atom. The second-order valence-electron chi connectivity index (χ2n) is 5.74. The fraction of sp³-hybridized carbons (Fsp3) is 0.438. The third-order valence-electron chi connectivity index (χ3n) is 4.28. The summed E-state index contributed by atoms with van der Waals surface area (Å²) in [7, 11) is 1.62. The van der Waals surface area contributed by atoms with Crippen molar-refractivity contribution in [2.45, 2.75) is 25.3 Å². The number of hydrogen-bond acceptors (Lipinski definition) is 3. The highest BCUT2D eigenvalue weighted by atomic mass is 35.5. The van der Waals surface area contributed by atoms with Crippen LogP contribution in [0.2, 0.25) is 5.02 Å². The minimum Gasteiger partial charge on any atom is -0.479 e. The van der Waals surface area contributed by atoms with Crippen molar-refractivity contribution in [2.75, 3.05) is 13.6 Å². The van der Waals surface area contributed by atoms with Crippen LogP contribution in [0.3, 0.4) is 0 Å². The predicted octanol–water partition coefficient (Wildman–Crippen LogP) is 1.62. The monoisotopic (exact) mass is 338 g/mol. The average Bonchev–Trinajstić information content (AvgIpc) is 2.85. The molecule has 1 aromatic rings. The molecule has 23 heavy (non-hydrogen) atoms. The van der Waals surface area contributed by atoms with Crippen LogP contribution in [0.1, 0.15) is 25.3 Å². The molecule has 0 spiro atoms. The van der Waals surface area contributed by atoms with E-state index in [2.05, 4.69) is 5.32 Å². The van der Waals surface area contributed by atoms with Crippen molar-refractivity contribution in [3.8, 4) is 0 Å². The second kappa shape index (κ2) is 6.58. The summed E-state index contributed by atoms with van der Waals surface area (Å²) >= 11 is 5.85. The molecule has 124 valence electrons. The number of rotatable bonds is 5. The number of nitrogens with zero attached hydrogens (tertiary/aromatic N) is 1. The number of hydrogen-bond donors (Lipinski definition) is 2. The summed E-state index contributed by atoms with van der Waals surface area (Å²) in [6.45, 7) is 1.99. The Labute approximate surface area is 139 Å². The Hall–Kier alpha value is -2.08. The zero-order valence-electron chi connectivity index (χ0n) is 13.0. The van der Waals surface area contributed by atoms with Crippen molar-refractivity contribution in [3.05, 3.63) is 34.9 Å². The van der Waals surface area contributed by atoms with Gasteiger partial charge >= 0.3 is 5.97 Å². The highest BCUT2D eigenvalue weighted by molar-refractivity contribution is 6.30. The standard InChI is InChI=1S/C16H19ClN2O4/c1-3-16(15(22)23,11-4-6-12(17)7-5-11)18-14(21)10-8-13(20)19(2)9-10/h4-7,10H,3,8-9H2,1-2H3,(H,18,21)(H,22,23). The van der Waals surface area contributed by atoms with E-state index in [0.29, 0.717) is 17.1 Å². The van der Waals surface area contributed by atoms with Crippen molar-refractivity contribution in [1.29, 1.82) is 0 Å². The molecule has 1 fully saturated rings. The minimum atomic E-state index is -1.54. The smallest absolute Gasteiger partial charge is 0.334 e. The predicted molar refractivity (Wildman–Crippen MR) is 84.9 cm³/mol. The molecule has 2 N–H and O–H groups in total. The maximum Gasteiger partial charge on any atom is 0.334 e. The third kappa shape index (κ3) is 3.32. The van der Waals surface area contributed by atoms with Crippen LogP contribution in [0.5, 0.6) is 0 Å². The van der Waals surface area contributed by atoms with Crippen LogP contribution in [0.4, 0.5) is 0 Å². The summed E-state index contributed by atoms with van der Waals surface area (Å²) in [5.74, 6) is -2.23. The molecule has 1 aliphatic heterocycles. The van der Waals surface area contributed by atoms with E-state index in [1.54, 1.807) is 38.2 Å². The maximum absolute atomic E-state index is 12.5.